The minimum atomic E-state index is -0.214. The molecular formula is C18H14N2O2S. The molecule has 4 rings (SSSR count). The maximum atomic E-state index is 12.7. The average Bonchev–Trinajstić information content (AvgIpc) is 3.35. The molecule has 0 N–H and O–H groups in total. The summed E-state index contributed by atoms with van der Waals surface area (Å²) in [6.07, 6.45) is 2.21. The smallest absolute Gasteiger partial charge is 0.310 e. The predicted molar refractivity (Wildman–Crippen MR) is 89.5 cm³/mol. The average molecular weight is 322 g/mol. The van der Waals surface area contributed by atoms with Crippen LogP contribution < -0.4 is 0 Å². The fourth-order valence-electron chi connectivity index (χ4n) is 2.75. The van der Waals surface area contributed by atoms with Gasteiger partial charge in [-0.2, -0.15) is 16.4 Å². The van der Waals surface area contributed by atoms with Gasteiger partial charge in [-0.25, -0.2) is 5.01 Å². The van der Waals surface area contributed by atoms with E-state index >= 15 is 0 Å². The van der Waals surface area contributed by atoms with Gasteiger partial charge in [0.15, 0.2) is 5.76 Å². The largest absolute Gasteiger partial charge is 0.459 e. The Labute approximate surface area is 137 Å². The summed E-state index contributed by atoms with van der Waals surface area (Å²) in [7, 11) is 0. The van der Waals surface area contributed by atoms with Crippen LogP contribution in [0.2, 0.25) is 0 Å². The molecular weight excluding hydrogens is 308 g/mol. The Balaban J connectivity index is 1.72. The fourth-order valence-corrected chi connectivity index (χ4v) is 3.41. The van der Waals surface area contributed by atoms with Crippen molar-refractivity contribution in [3.8, 4) is 0 Å². The van der Waals surface area contributed by atoms with Crippen molar-refractivity contribution in [2.45, 2.75) is 12.5 Å². The number of amides is 1. The van der Waals surface area contributed by atoms with Gasteiger partial charge in [0.25, 0.3) is 0 Å². The van der Waals surface area contributed by atoms with Crippen LogP contribution in [0.3, 0.4) is 0 Å². The van der Waals surface area contributed by atoms with E-state index in [2.05, 4.69) is 10.5 Å². The summed E-state index contributed by atoms with van der Waals surface area (Å²) in [6.45, 7) is 0. The summed E-state index contributed by atoms with van der Waals surface area (Å²) in [4.78, 5) is 12.7. The highest BCUT2D eigenvalue weighted by molar-refractivity contribution is 7.08. The first-order valence-electron chi connectivity index (χ1n) is 7.35. The summed E-state index contributed by atoms with van der Waals surface area (Å²) in [5.74, 6) is 0.0929. The van der Waals surface area contributed by atoms with Crippen LogP contribution in [-0.4, -0.2) is 16.6 Å². The van der Waals surface area contributed by atoms with E-state index in [-0.39, 0.29) is 11.9 Å². The van der Waals surface area contributed by atoms with E-state index in [4.69, 9.17) is 4.42 Å². The summed E-state index contributed by atoms with van der Waals surface area (Å²) < 4.78 is 5.26. The van der Waals surface area contributed by atoms with Gasteiger partial charge >= 0.3 is 5.91 Å². The van der Waals surface area contributed by atoms with Gasteiger partial charge in [-0.1, -0.05) is 30.3 Å². The summed E-state index contributed by atoms with van der Waals surface area (Å²) >= 11 is 1.63. The third kappa shape index (κ3) is 2.59. The van der Waals surface area contributed by atoms with Crippen molar-refractivity contribution < 1.29 is 9.21 Å². The SMILES string of the molecule is O=C(c1ccco1)N1N=C(c2ccsc2)C[C@H]1c1ccccc1. The second-order valence-electron chi connectivity index (χ2n) is 5.32. The molecule has 4 nitrogen and oxygen atoms in total. The third-order valence-corrected chi connectivity index (χ3v) is 4.57. The lowest BCUT2D eigenvalue weighted by molar-refractivity contribution is 0.0678. The number of benzene rings is 1. The lowest BCUT2D eigenvalue weighted by Crippen LogP contribution is -2.26. The number of carbonyl (C=O) groups excluding carboxylic acids is 1. The number of rotatable bonds is 3. The number of hydrogen-bond acceptors (Lipinski definition) is 4. The number of hydrogen-bond donors (Lipinski definition) is 0. The molecule has 3 heterocycles. The van der Waals surface area contributed by atoms with Crippen LogP contribution in [0.4, 0.5) is 0 Å². The standard InChI is InChI=1S/C18H14N2O2S/c21-18(17-7-4-9-22-17)20-16(13-5-2-1-3-6-13)11-15(19-20)14-8-10-23-12-14/h1-10,12,16H,11H2/t16-/m0/s1. The Bertz CT molecular complexity index is 823. The van der Waals surface area contributed by atoms with Gasteiger partial charge in [-0.05, 0) is 34.5 Å². The van der Waals surface area contributed by atoms with Crippen LogP contribution in [-0.2, 0) is 0 Å². The van der Waals surface area contributed by atoms with Crippen molar-refractivity contribution >= 4 is 23.0 Å². The van der Waals surface area contributed by atoms with Crippen LogP contribution in [0.25, 0.3) is 0 Å². The fraction of sp³-hybridized carbons (Fsp3) is 0.111. The van der Waals surface area contributed by atoms with Crippen LogP contribution >= 0.6 is 11.3 Å². The second kappa shape index (κ2) is 5.85. The Morgan fingerprint density at radius 3 is 2.74 bits per heavy atom. The first-order chi connectivity index (χ1) is 11.3. The van der Waals surface area contributed by atoms with Gasteiger partial charge < -0.3 is 4.42 Å². The highest BCUT2D eigenvalue weighted by Gasteiger charge is 2.34. The molecule has 23 heavy (non-hydrogen) atoms. The first kappa shape index (κ1) is 14.0. The van der Waals surface area contributed by atoms with Gasteiger partial charge in [0.2, 0.25) is 0 Å². The van der Waals surface area contributed by atoms with Crippen LogP contribution in [0.5, 0.6) is 0 Å². The summed E-state index contributed by atoms with van der Waals surface area (Å²) in [5.41, 5.74) is 3.08. The molecule has 0 saturated carbocycles. The highest BCUT2D eigenvalue weighted by Crippen LogP contribution is 2.34. The Hall–Kier alpha value is -2.66. The molecule has 0 bridgehead atoms. The van der Waals surface area contributed by atoms with Crippen molar-refractivity contribution in [3.05, 3.63) is 82.4 Å². The van der Waals surface area contributed by atoms with Gasteiger partial charge in [0.1, 0.15) is 0 Å². The van der Waals surface area contributed by atoms with Crippen LogP contribution in [0.15, 0.2) is 75.1 Å². The van der Waals surface area contributed by atoms with Crippen molar-refractivity contribution in [3.63, 3.8) is 0 Å². The number of hydrazone groups is 1. The quantitative estimate of drug-likeness (QED) is 0.720. The molecule has 1 aliphatic heterocycles. The molecule has 3 aromatic rings. The van der Waals surface area contributed by atoms with E-state index in [1.807, 2.05) is 41.8 Å². The number of furan rings is 1. The number of carbonyl (C=O) groups is 1. The summed E-state index contributed by atoms with van der Waals surface area (Å²) in [6, 6.07) is 15.3. The monoisotopic (exact) mass is 322 g/mol. The van der Waals surface area contributed by atoms with Crippen molar-refractivity contribution in [1.29, 1.82) is 0 Å². The maximum Gasteiger partial charge on any atom is 0.310 e. The molecule has 0 aliphatic carbocycles. The molecule has 0 fully saturated rings. The van der Waals surface area contributed by atoms with E-state index in [1.54, 1.807) is 28.5 Å². The molecule has 0 radical (unpaired) electrons. The molecule has 0 spiro atoms. The maximum absolute atomic E-state index is 12.7. The van der Waals surface area contributed by atoms with Gasteiger partial charge in [-0.3, -0.25) is 4.79 Å². The Morgan fingerprint density at radius 1 is 1.17 bits per heavy atom. The molecule has 114 valence electrons. The second-order valence-corrected chi connectivity index (χ2v) is 6.10. The van der Waals surface area contributed by atoms with Crippen molar-refractivity contribution in [2.24, 2.45) is 5.10 Å². The topological polar surface area (TPSA) is 45.8 Å². The number of thiophene rings is 1. The lowest BCUT2D eigenvalue weighted by Gasteiger charge is -2.20. The van der Waals surface area contributed by atoms with Gasteiger partial charge in [-0.15, -0.1) is 0 Å². The van der Waals surface area contributed by atoms with E-state index in [9.17, 15) is 4.79 Å². The Morgan fingerprint density at radius 2 is 2.04 bits per heavy atom. The van der Waals surface area contributed by atoms with Crippen molar-refractivity contribution in [1.82, 2.24) is 5.01 Å². The minimum absolute atomic E-state index is 0.108. The predicted octanol–water partition coefficient (Wildman–Crippen LogP) is 4.33. The normalized spacial score (nSPS) is 17.3. The zero-order valence-corrected chi connectivity index (χ0v) is 13.1. The molecule has 1 atom stereocenters. The Kier molecular flexibility index (Phi) is 3.55. The van der Waals surface area contributed by atoms with Gasteiger partial charge in [0.05, 0.1) is 18.0 Å². The molecule has 0 unspecified atom stereocenters. The van der Waals surface area contributed by atoms with Crippen LogP contribution in [0.1, 0.15) is 34.1 Å². The first-order valence-corrected chi connectivity index (χ1v) is 8.29. The number of nitrogens with zero attached hydrogens (tertiary/aromatic N) is 2. The van der Waals surface area contributed by atoms with Gasteiger partial charge in [0, 0.05) is 12.0 Å². The zero-order valence-electron chi connectivity index (χ0n) is 12.3. The minimum Gasteiger partial charge on any atom is -0.459 e. The third-order valence-electron chi connectivity index (χ3n) is 3.89. The molecule has 1 aliphatic rings. The molecule has 1 aromatic carbocycles. The van der Waals surface area contributed by atoms with Crippen LogP contribution in [0, 0.1) is 0 Å². The van der Waals surface area contributed by atoms with E-state index in [0.717, 1.165) is 16.8 Å². The molecule has 0 saturated heterocycles. The van der Waals surface area contributed by atoms with E-state index < -0.39 is 0 Å². The van der Waals surface area contributed by atoms with E-state index in [1.165, 1.54) is 6.26 Å². The molecule has 5 heteroatoms. The van der Waals surface area contributed by atoms with Crippen molar-refractivity contribution in [2.75, 3.05) is 0 Å². The van der Waals surface area contributed by atoms with E-state index in [0.29, 0.717) is 12.2 Å². The summed E-state index contributed by atoms with van der Waals surface area (Å²) in [5, 5.41) is 10.2. The zero-order chi connectivity index (χ0) is 15.6. The molecule has 1 amide bonds. The lowest BCUT2D eigenvalue weighted by atomic mass is 9.99. The molecule has 2 aromatic heterocycles. The highest BCUT2D eigenvalue weighted by atomic mass is 32.1.